The average Bonchev–Trinajstić information content (AvgIpc) is 2.62. The van der Waals surface area contributed by atoms with E-state index in [0.29, 0.717) is 47.5 Å². The van der Waals surface area contributed by atoms with Crippen molar-refractivity contribution in [2.45, 2.75) is 38.5 Å². The first kappa shape index (κ1) is 19.6. The number of hydrogen-bond acceptors (Lipinski definition) is 6. The van der Waals surface area contributed by atoms with E-state index in [-0.39, 0.29) is 0 Å². The van der Waals surface area contributed by atoms with E-state index < -0.39 is 0 Å². The predicted molar refractivity (Wildman–Crippen MR) is 109 cm³/mol. The number of unbranched alkanes of at least 4 members (excludes halogenated alkanes) is 5. The van der Waals surface area contributed by atoms with Gasteiger partial charge in [-0.05, 0) is 37.1 Å². The maximum atomic E-state index is 5.85. The van der Waals surface area contributed by atoms with Crippen LogP contribution in [0.5, 0.6) is 11.5 Å². The second kappa shape index (κ2) is 10.3. The molecule has 142 valence electrons. The Kier molecular flexibility index (Phi) is 7.74. The second-order valence-electron chi connectivity index (χ2n) is 6.41. The van der Waals surface area contributed by atoms with Crippen LogP contribution in [0.3, 0.4) is 0 Å². The van der Waals surface area contributed by atoms with Crippen molar-refractivity contribution in [3.8, 4) is 11.5 Å². The molecule has 0 fully saturated rings. The van der Waals surface area contributed by atoms with Gasteiger partial charge in [-0.3, -0.25) is 0 Å². The molecule has 0 unspecified atom stereocenters. The van der Waals surface area contributed by atoms with Gasteiger partial charge in [0.05, 0.1) is 24.6 Å². The van der Waals surface area contributed by atoms with Crippen molar-refractivity contribution in [1.82, 2.24) is 0 Å². The molecule has 0 saturated carbocycles. The summed E-state index contributed by atoms with van der Waals surface area (Å²) in [4.78, 5) is 0. The quantitative estimate of drug-likeness (QED) is 0.358. The zero-order valence-electron chi connectivity index (χ0n) is 15.2. The Labute approximate surface area is 155 Å². The van der Waals surface area contributed by atoms with Crippen LogP contribution in [0.2, 0.25) is 0 Å². The predicted octanol–water partition coefficient (Wildman–Crippen LogP) is 3.81. The summed E-state index contributed by atoms with van der Waals surface area (Å²) in [5, 5.41) is 0. The first-order valence-corrected chi connectivity index (χ1v) is 9.12. The molecule has 8 N–H and O–H groups in total. The van der Waals surface area contributed by atoms with E-state index in [1.807, 2.05) is 0 Å². The maximum Gasteiger partial charge on any atom is 0.144 e. The van der Waals surface area contributed by atoms with Crippen LogP contribution in [0.1, 0.15) is 38.5 Å². The van der Waals surface area contributed by atoms with E-state index in [2.05, 4.69) is 0 Å². The van der Waals surface area contributed by atoms with Crippen LogP contribution < -0.4 is 32.4 Å². The Morgan fingerprint density at radius 3 is 1.35 bits per heavy atom. The Balaban J connectivity index is 1.48. The molecule has 0 aliphatic rings. The molecule has 0 aliphatic carbocycles. The molecule has 26 heavy (non-hydrogen) atoms. The summed E-state index contributed by atoms with van der Waals surface area (Å²) in [6.45, 7) is 1.32. The molecule has 0 bridgehead atoms. The highest BCUT2D eigenvalue weighted by molar-refractivity contribution is 5.60. The molecule has 0 radical (unpaired) electrons. The summed E-state index contributed by atoms with van der Waals surface area (Å²) >= 11 is 0. The normalized spacial score (nSPS) is 10.6. The van der Waals surface area contributed by atoms with Crippen LogP contribution in [0.15, 0.2) is 36.4 Å². The summed E-state index contributed by atoms with van der Waals surface area (Å²) in [6, 6.07) is 10.6. The van der Waals surface area contributed by atoms with E-state index in [4.69, 9.17) is 32.4 Å². The lowest BCUT2D eigenvalue weighted by Gasteiger charge is -2.10. The molecule has 0 atom stereocenters. The molecule has 0 amide bonds. The highest BCUT2D eigenvalue weighted by Crippen LogP contribution is 2.25. The van der Waals surface area contributed by atoms with E-state index in [1.54, 1.807) is 36.4 Å². The second-order valence-corrected chi connectivity index (χ2v) is 6.41. The number of benzene rings is 2. The van der Waals surface area contributed by atoms with Crippen molar-refractivity contribution < 1.29 is 9.47 Å². The van der Waals surface area contributed by atoms with E-state index in [1.165, 1.54) is 12.8 Å². The SMILES string of the molecule is Nc1ccc(N)c(OCCCCCCCCOc2cc(N)ccc2N)c1. The van der Waals surface area contributed by atoms with Gasteiger partial charge >= 0.3 is 0 Å². The van der Waals surface area contributed by atoms with Gasteiger partial charge in [0.15, 0.2) is 0 Å². The number of ether oxygens (including phenoxy) is 2. The molecule has 0 aromatic heterocycles. The fraction of sp³-hybridized carbons (Fsp3) is 0.400. The van der Waals surface area contributed by atoms with Gasteiger partial charge in [-0.15, -0.1) is 0 Å². The summed E-state index contributed by atoms with van der Waals surface area (Å²) in [5.41, 5.74) is 25.7. The molecule has 0 saturated heterocycles. The van der Waals surface area contributed by atoms with Crippen molar-refractivity contribution in [3.05, 3.63) is 36.4 Å². The van der Waals surface area contributed by atoms with Crippen LogP contribution in [0.4, 0.5) is 22.7 Å². The molecular formula is C20H30N4O2. The molecule has 6 nitrogen and oxygen atoms in total. The number of rotatable bonds is 11. The smallest absolute Gasteiger partial charge is 0.144 e. The molecule has 0 spiro atoms. The highest BCUT2D eigenvalue weighted by atomic mass is 16.5. The van der Waals surface area contributed by atoms with Gasteiger partial charge in [0, 0.05) is 23.5 Å². The summed E-state index contributed by atoms with van der Waals surface area (Å²) in [5.74, 6) is 1.34. The minimum absolute atomic E-state index is 0.625. The Bertz CT molecular complexity index is 632. The third kappa shape index (κ3) is 6.63. The molecule has 6 heteroatoms. The van der Waals surface area contributed by atoms with Gasteiger partial charge < -0.3 is 32.4 Å². The van der Waals surface area contributed by atoms with Crippen LogP contribution in [0.25, 0.3) is 0 Å². The third-order valence-corrected chi connectivity index (χ3v) is 4.13. The first-order chi connectivity index (χ1) is 12.6. The van der Waals surface area contributed by atoms with Crippen molar-refractivity contribution in [1.29, 1.82) is 0 Å². The number of nitrogen functional groups attached to an aromatic ring is 4. The van der Waals surface area contributed by atoms with Gasteiger partial charge in [-0.1, -0.05) is 25.7 Å². The average molecular weight is 358 g/mol. The number of hydrogen-bond donors (Lipinski definition) is 4. The van der Waals surface area contributed by atoms with Crippen molar-refractivity contribution in [2.24, 2.45) is 0 Å². The molecule has 2 rings (SSSR count). The van der Waals surface area contributed by atoms with E-state index in [9.17, 15) is 0 Å². The lowest BCUT2D eigenvalue weighted by Crippen LogP contribution is -2.02. The van der Waals surface area contributed by atoms with Crippen molar-refractivity contribution >= 4 is 22.7 Å². The third-order valence-electron chi connectivity index (χ3n) is 4.13. The minimum atomic E-state index is 0.625. The zero-order chi connectivity index (χ0) is 18.8. The van der Waals surface area contributed by atoms with Crippen molar-refractivity contribution in [3.63, 3.8) is 0 Å². The van der Waals surface area contributed by atoms with E-state index >= 15 is 0 Å². The van der Waals surface area contributed by atoms with Crippen LogP contribution in [-0.4, -0.2) is 13.2 Å². The molecule has 2 aromatic carbocycles. The monoisotopic (exact) mass is 358 g/mol. The van der Waals surface area contributed by atoms with Gasteiger partial charge in [-0.25, -0.2) is 0 Å². The van der Waals surface area contributed by atoms with Gasteiger partial charge in [0.2, 0.25) is 0 Å². The summed E-state index contributed by atoms with van der Waals surface area (Å²) in [6.07, 6.45) is 6.62. The van der Waals surface area contributed by atoms with Crippen LogP contribution in [-0.2, 0) is 0 Å². The van der Waals surface area contributed by atoms with Gasteiger partial charge in [0.1, 0.15) is 11.5 Å². The number of anilines is 4. The Hall–Kier alpha value is -2.76. The van der Waals surface area contributed by atoms with E-state index in [0.717, 1.165) is 25.7 Å². The lowest BCUT2D eigenvalue weighted by atomic mass is 10.1. The first-order valence-electron chi connectivity index (χ1n) is 9.12. The molecular weight excluding hydrogens is 328 g/mol. The topological polar surface area (TPSA) is 123 Å². The highest BCUT2D eigenvalue weighted by Gasteiger charge is 2.02. The van der Waals surface area contributed by atoms with Crippen LogP contribution >= 0.6 is 0 Å². The minimum Gasteiger partial charge on any atom is -0.491 e. The lowest BCUT2D eigenvalue weighted by molar-refractivity contribution is 0.298. The standard InChI is InChI=1S/C20H30N4O2/c21-15-7-9-17(23)19(13-15)25-11-5-3-1-2-4-6-12-26-20-14-16(22)8-10-18(20)24/h7-10,13-14H,1-6,11-12,21-24H2. The van der Waals surface area contributed by atoms with Crippen molar-refractivity contribution in [2.75, 3.05) is 36.1 Å². The zero-order valence-corrected chi connectivity index (χ0v) is 15.2. The molecule has 0 heterocycles. The summed E-state index contributed by atoms with van der Waals surface area (Å²) in [7, 11) is 0. The molecule has 2 aromatic rings. The van der Waals surface area contributed by atoms with Gasteiger partial charge in [-0.2, -0.15) is 0 Å². The fourth-order valence-electron chi connectivity index (χ4n) is 2.63. The molecule has 0 aliphatic heterocycles. The number of nitrogens with two attached hydrogens (primary N) is 4. The Morgan fingerprint density at radius 2 is 0.923 bits per heavy atom. The fourth-order valence-corrected chi connectivity index (χ4v) is 2.63. The summed E-state index contributed by atoms with van der Waals surface area (Å²) < 4.78 is 11.4. The maximum absolute atomic E-state index is 5.85. The largest absolute Gasteiger partial charge is 0.491 e. The Morgan fingerprint density at radius 1 is 0.538 bits per heavy atom. The van der Waals surface area contributed by atoms with Gasteiger partial charge in [0.25, 0.3) is 0 Å². The van der Waals surface area contributed by atoms with Crippen LogP contribution in [0, 0.1) is 0 Å².